The summed E-state index contributed by atoms with van der Waals surface area (Å²) in [6.45, 7) is 12.6. The monoisotopic (exact) mass is 412 g/mol. The van der Waals surface area contributed by atoms with Gasteiger partial charge in [-0.1, -0.05) is 27.7 Å². The van der Waals surface area contributed by atoms with Gasteiger partial charge in [0, 0.05) is 27.9 Å². The maximum Gasteiger partial charge on any atom is 0.338 e. The van der Waals surface area contributed by atoms with Gasteiger partial charge < -0.3 is 9.64 Å². The molecule has 1 saturated carbocycles. The Morgan fingerprint density at radius 3 is 2.38 bits per heavy atom. The maximum absolute atomic E-state index is 12.0. The first-order valence-corrected chi connectivity index (χ1v) is 11.6. The topological polar surface area (TPSA) is 42.4 Å². The molecule has 1 aromatic heterocycles. The molecule has 2 aromatic rings. The second-order valence-electron chi connectivity index (χ2n) is 9.76. The van der Waals surface area contributed by atoms with Crippen molar-refractivity contribution in [2.75, 3.05) is 18.1 Å². The van der Waals surface area contributed by atoms with E-state index in [1.54, 1.807) is 0 Å². The minimum absolute atomic E-state index is 0.124. The Morgan fingerprint density at radius 1 is 1.14 bits per heavy atom. The molecule has 0 bridgehead atoms. The van der Waals surface area contributed by atoms with Crippen LogP contribution in [-0.4, -0.2) is 24.1 Å². The fraction of sp³-hybridized carbons (Fsp3) is 0.583. The van der Waals surface area contributed by atoms with Crippen molar-refractivity contribution in [3.63, 3.8) is 0 Å². The lowest BCUT2D eigenvalue weighted by Gasteiger charge is -2.37. The number of benzene rings is 1. The summed E-state index contributed by atoms with van der Waals surface area (Å²) in [5.41, 5.74) is 3.28. The average molecular weight is 413 g/mol. The number of carbonyl (C=O) groups is 1. The van der Waals surface area contributed by atoms with Gasteiger partial charge in [-0.15, -0.1) is 11.3 Å². The van der Waals surface area contributed by atoms with E-state index in [0.717, 1.165) is 23.3 Å². The van der Waals surface area contributed by atoms with Crippen molar-refractivity contribution in [2.24, 2.45) is 5.92 Å². The van der Waals surface area contributed by atoms with Crippen LogP contribution in [-0.2, 0) is 15.6 Å². The molecule has 0 aliphatic heterocycles. The van der Waals surface area contributed by atoms with Crippen molar-refractivity contribution in [3.8, 4) is 0 Å². The molecule has 0 unspecified atom stereocenters. The summed E-state index contributed by atoms with van der Waals surface area (Å²) in [6.07, 6.45) is 4.96. The first-order chi connectivity index (χ1) is 13.7. The van der Waals surface area contributed by atoms with Gasteiger partial charge in [0.2, 0.25) is 0 Å². The molecule has 1 heterocycles. The van der Waals surface area contributed by atoms with E-state index in [4.69, 9.17) is 9.72 Å². The molecule has 156 valence electrons. The highest BCUT2D eigenvalue weighted by atomic mass is 32.1. The van der Waals surface area contributed by atoms with Gasteiger partial charge >= 0.3 is 5.97 Å². The number of thiazole rings is 1. The van der Waals surface area contributed by atoms with Crippen molar-refractivity contribution in [1.29, 1.82) is 0 Å². The van der Waals surface area contributed by atoms with E-state index in [0.29, 0.717) is 12.2 Å². The van der Waals surface area contributed by atoms with E-state index in [2.05, 4.69) is 32.6 Å². The van der Waals surface area contributed by atoms with Gasteiger partial charge in [-0.25, -0.2) is 9.78 Å². The van der Waals surface area contributed by atoms with Crippen LogP contribution in [0.4, 0.5) is 10.8 Å². The van der Waals surface area contributed by atoms with Crippen LogP contribution >= 0.6 is 11.3 Å². The quantitative estimate of drug-likeness (QED) is 0.529. The molecule has 29 heavy (non-hydrogen) atoms. The fourth-order valence-corrected chi connectivity index (χ4v) is 5.45. The zero-order valence-corrected chi connectivity index (χ0v) is 19.1. The van der Waals surface area contributed by atoms with Crippen LogP contribution in [0.3, 0.4) is 0 Å². The molecule has 1 fully saturated rings. The lowest BCUT2D eigenvalue weighted by molar-refractivity contribution is 0.0526. The smallest absolute Gasteiger partial charge is 0.338 e. The summed E-state index contributed by atoms with van der Waals surface area (Å²) in [4.78, 5) is 21.0. The third kappa shape index (κ3) is 4.07. The van der Waals surface area contributed by atoms with E-state index in [1.807, 2.05) is 42.5 Å². The minimum Gasteiger partial charge on any atom is -0.462 e. The van der Waals surface area contributed by atoms with Crippen LogP contribution in [0.5, 0.6) is 0 Å². The molecule has 1 aromatic carbocycles. The predicted molar refractivity (Wildman–Crippen MR) is 120 cm³/mol. The first kappa shape index (κ1) is 20.4. The number of carbonyl (C=O) groups excluding carboxylic acids is 1. The molecule has 4 rings (SSSR count). The van der Waals surface area contributed by atoms with E-state index in [9.17, 15) is 4.79 Å². The van der Waals surface area contributed by atoms with E-state index >= 15 is 0 Å². The lowest BCUT2D eigenvalue weighted by Crippen LogP contribution is -2.32. The molecule has 2 aliphatic rings. The number of rotatable bonds is 6. The van der Waals surface area contributed by atoms with Gasteiger partial charge in [-0.05, 0) is 62.8 Å². The number of ether oxygens (including phenoxy) is 1. The SMILES string of the molecule is CCOC(=O)c1ccc(N(CC2CC2)c2nc3c(s2)C(C)(C)CCC3(C)C)cc1. The molecule has 0 radical (unpaired) electrons. The Morgan fingerprint density at radius 2 is 1.79 bits per heavy atom. The third-order valence-corrected chi connectivity index (χ3v) is 7.75. The second kappa shape index (κ2) is 7.42. The van der Waals surface area contributed by atoms with Gasteiger partial charge in [0.1, 0.15) is 0 Å². The Bertz CT molecular complexity index is 861. The number of hydrogen-bond donors (Lipinski definition) is 0. The standard InChI is InChI=1S/C24H32N2O2S/c1-6-28-21(27)17-9-11-18(12-10-17)26(15-16-7-8-16)22-25-19-20(29-22)24(4,5)14-13-23(19,2)3/h9-12,16H,6-8,13-15H2,1-5H3. The number of fused-ring (bicyclic) bond motifs is 1. The first-order valence-electron chi connectivity index (χ1n) is 10.8. The van der Waals surface area contributed by atoms with Crippen molar-refractivity contribution in [2.45, 2.75) is 71.1 Å². The van der Waals surface area contributed by atoms with Crippen molar-refractivity contribution < 1.29 is 9.53 Å². The molecule has 0 saturated heterocycles. The van der Waals surface area contributed by atoms with E-state index < -0.39 is 0 Å². The Balaban J connectivity index is 1.70. The number of nitrogens with zero attached hydrogens (tertiary/aromatic N) is 2. The van der Waals surface area contributed by atoms with Crippen LogP contribution in [0.25, 0.3) is 0 Å². The molecule has 0 amide bonds. The van der Waals surface area contributed by atoms with Crippen molar-refractivity contribution in [1.82, 2.24) is 4.98 Å². The van der Waals surface area contributed by atoms with Gasteiger partial charge in [0.05, 0.1) is 17.9 Å². The Labute approximate surface area is 178 Å². The number of anilines is 2. The van der Waals surface area contributed by atoms with E-state index in [1.165, 1.54) is 36.3 Å². The van der Waals surface area contributed by atoms with Gasteiger partial charge in [-0.2, -0.15) is 0 Å². The molecule has 2 aliphatic carbocycles. The lowest BCUT2D eigenvalue weighted by atomic mass is 9.69. The van der Waals surface area contributed by atoms with Gasteiger partial charge in [0.25, 0.3) is 0 Å². The normalized spacial score (nSPS) is 19.5. The van der Waals surface area contributed by atoms with Crippen molar-refractivity contribution >= 4 is 28.1 Å². The Hall–Kier alpha value is -1.88. The zero-order chi connectivity index (χ0) is 20.8. The van der Waals surface area contributed by atoms with Crippen LogP contribution in [0.2, 0.25) is 0 Å². The third-order valence-electron chi connectivity index (χ3n) is 6.31. The number of esters is 1. The van der Waals surface area contributed by atoms with E-state index in [-0.39, 0.29) is 16.8 Å². The van der Waals surface area contributed by atoms with Crippen LogP contribution in [0.1, 0.15) is 81.2 Å². The molecule has 4 nitrogen and oxygen atoms in total. The minimum atomic E-state index is -0.263. The fourth-order valence-electron chi connectivity index (χ4n) is 4.04. The van der Waals surface area contributed by atoms with Gasteiger partial charge in [-0.3, -0.25) is 0 Å². The predicted octanol–water partition coefficient (Wildman–Crippen LogP) is 6.22. The molecule has 5 heteroatoms. The second-order valence-corrected chi connectivity index (χ2v) is 10.7. The maximum atomic E-state index is 12.0. The molecule has 0 spiro atoms. The van der Waals surface area contributed by atoms with Crippen LogP contribution in [0.15, 0.2) is 24.3 Å². The number of aromatic nitrogens is 1. The molecular formula is C24H32N2O2S. The van der Waals surface area contributed by atoms with Gasteiger partial charge in [0.15, 0.2) is 5.13 Å². The highest BCUT2D eigenvalue weighted by Gasteiger charge is 2.41. The van der Waals surface area contributed by atoms with Crippen LogP contribution in [0, 0.1) is 5.92 Å². The molecular weight excluding hydrogens is 380 g/mol. The number of hydrogen-bond acceptors (Lipinski definition) is 5. The summed E-state index contributed by atoms with van der Waals surface area (Å²) in [7, 11) is 0. The summed E-state index contributed by atoms with van der Waals surface area (Å²) in [5, 5.41) is 1.09. The molecule has 0 atom stereocenters. The largest absolute Gasteiger partial charge is 0.462 e. The highest BCUT2D eigenvalue weighted by molar-refractivity contribution is 7.16. The summed E-state index contributed by atoms with van der Waals surface area (Å²) in [5.74, 6) is 0.475. The zero-order valence-electron chi connectivity index (χ0n) is 18.2. The average Bonchev–Trinajstić information content (AvgIpc) is 3.38. The van der Waals surface area contributed by atoms with Crippen molar-refractivity contribution in [3.05, 3.63) is 40.4 Å². The molecule has 0 N–H and O–H groups in total. The van der Waals surface area contributed by atoms with Crippen LogP contribution < -0.4 is 4.90 Å². The summed E-state index contributed by atoms with van der Waals surface area (Å²) >= 11 is 1.86. The summed E-state index contributed by atoms with van der Waals surface area (Å²) < 4.78 is 5.13. The summed E-state index contributed by atoms with van der Waals surface area (Å²) in [6, 6.07) is 7.81. The Kier molecular flexibility index (Phi) is 5.22. The highest BCUT2D eigenvalue weighted by Crippen LogP contribution is 2.50.